The van der Waals surface area contributed by atoms with Gasteiger partial charge in [0, 0.05) is 49.2 Å². The van der Waals surface area contributed by atoms with Crippen molar-refractivity contribution in [2.24, 2.45) is 0 Å². The second kappa shape index (κ2) is 7.56. The molecule has 0 spiro atoms. The predicted molar refractivity (Wildman–Crippen MR) is 108 cm³/mol. The molecular weight excluding hydrogens is 342 g/mol. The highest BCUT2D eigenvalue weighted by atomic mass is 16.5. The molecule has 2 aromatic heterocycles. The van der Waals surface area contributed by atoms with Gasteiger partial charge in [0.05, 0.1) is 24.9 Å². The fourth-order valence-corrected chi connectivity index (χ4v) is 4.04. The Kier molecular flexibility index (Phi) is 4.99. The zero-order valence-corrected chi connectivity index (χ0v) is 15.9. The molecule has 1 saturated heterocycles. The molecule has 0 saturated carbocycles. The Labute approximate surface area is 160 Å². The zero-order chi connectivity index (χ0) is 18.8. The minimum atomic E-state index is -0.406. The molecule has 6 nitrogen and oxygen atoms in total. The van der Waals surface area contributed by atoms with E-state index in [1.54, 1.807) is 20.2 Å². The Hall–Kier alpha value is -2.60. The summed E-state index contributed by atoms with van der Waals surface area (Å²) in [5.41, 5.74) is 4.28. The van der Waals surface area contributed by atoms with Crippen LogP contribution < -0.4 is 4.90 Å². The summed E-state index contributed by atoms with van der Waals surface area (Å²) in [6.45, 7) is 4.53. The van der Waals surface area contributed by atoms with Crippen LogP contribution in [0.4, 0.5) is 5.69 Å². The van der Waals surface area contributed by atoms with Gasteiger partial charge in [-0.1, -0.05) is 6.07 Å². The van der Waals surface area contributed by atoms with E-state index in [9.17, 15) is 4.79 Å². The van der Waals surface area contributed by atoms with E-state index in [4.69, 9.17) is 9.47 Å². The predicted octanol–water partition coefficient (Wildman–Crippen LogP) is 4.28. The second-order valence-electron chi connectivity index (χ2n) is 6.90. The Morgan fingerprint density at radius 2 is 2.04 bits per heavy atom. The number of nitrogens with zero attached hydrogens (tertiary/aromatic N) is 2. The number of aromatic amines is 1. The number of piperidine rings is 1. The third kappa shape index (κ3) is 3.14. The maximum atomic E-state index is 12.5. The van der Waals surface area contributed by atoms with Crippen LogP contribution in [-0.4, -0.2) is 42.7 Å². The van der Waals surface area contributed by atoms with Gasteiger partial charge in [0.2, 0.25) is 0 Å². The summed E-state index contributed by atoms with van der Waals surface area (Å²) in [6, 6.07) is 6.32. The summed E-state index contributed by atoms with van der Waals surface area (Å²) >= 11 is 0. The average molecular weight is 369 g/mol. The van der Waals surface area contributed by atoms with E-state index in [2.05, 4.69) is 33.1 Å². The van der Waals surface area contributed by atoms with Crippen LogP contribution in [0.3, 0.4) is 0 Å². The molecule has 1 fully saturated rings. The Bertz CT molecular complexity index is 980. The average Bonchev–Trinajstić information content (AvgIpc) is 3.08. The molecule has 0 aliphatic carbocycles. The lowest BCUT2D eigenvalue weighted by Crippen LogP contribution is -2.29. The number of ether oxygens (including phenoxy) is 2. The van der Waals surface area contributed by atoms with E-state index in [1.807, 2.05) is 0 Å². The molecule has 6 heteroatoms. The quantitative estimate of drug-likeness (QED) is 0.680. The van der Waals surface area contributed by atoms with Gasteiger partial charge in [0.1, 0.15) is 0 Å². The van der Waals surface area contributed by atoms with Gasteiger partial charge in [-0.25, -0.2) is 9.78 Å². The number of hydrogen-bond acceptors (Lipinski definition) is 5. The van der Waals surface area contributed by atoms with Crippen LogP contribution in [0.25, 0.3) is 21.8 Å². The van der Waals surface area contributed by atoms with Crippen molar-refractivity contribution in [1.82, 2.24) is 9.97 Å². The number of carbonyl (C=O) groups is 1. The first-order valence-electron chi connectivity index (χ1n) is 9.58. The highest BCUT2D eigenvalue weighted by molar-refractivity contribution is 6.16. The van der Waals surface area contributed by atoms with Gasteiger partial charge in [-0.05, 0) is 38.3 Å². The molecule has 1 aromatic carbocycles. The number of carbonyl (C=O) groups excluding carboxylic acids is 1. The van der Waals surface area contributed by atoms with Gasteiger partial charge in [-0.15, -0.1) is 0 Å². The fourth-order valence-electron chi connectivity index (χ4n) is 4.04. The molecular formula is C21H27N3O3. The molecule has 1 aliphatic rings. The first-order valence-corrected chi connectivity index (χ1v) is 9.58. The van der Waals surface area contributed by atoms with E-state index in [0.29, 0.717) is 18.9 Å². The number of fused-ring (bicyclic) bond motifs is 3. The number of rotatable bonds is 5. The van der Waals surface area contributed by atoms with Crippen LogP contribution in [0.1, 0.15) is 43.7 Å². The van der Waals surface area contributed by atoms with Crippen LogP contribution in [0.2, 0.25) is 0 Å². The largest absolute Gasteiger partial charge is 0.461 e. The molecule has 144 valence electrons. The first kappa shape index (κ1) is 17.8. The van der Waals surface area contributed by atoms with Crippen LogP contribution in [-0.2, 0) is 16.1 Å². The van der Waals surface area contributed by atoms with Crippen molar-refractivity contribution in [2.75, 3.05) is 31.7 Å². The smallest absolute Gasteiger partial charge is 0.357 e. The van der Waals surface area contributed by atoms with Gasteiger partial charge < -0.3 is 19.4 Å². The maximum absolute atomic E-state index is 12.5. The van der Waals surface area contributed by atoms with Gasteiger partial charge >= 0.3 is 5.97 Å². The monoisotopic (exact) mass is 369 g/mol. The van der Waals surface area contributed by atoms with Gasteiger partial charge in [0.15, 0.2) is 5.69 Å². The van der Waals surface area contributed by atoms with Gasteiger partial charge in [0.25, 0.3) is 0 Å². The normalized spacial score (nSPS) is 14.8. The minimum Gasteiger partial charge on any atom is -0.461 e. The SMILES string of the molecule is CCOC(=O)c1ncc2[nH]c3cccc(N4CCCCC4)c3c2c1COC.[HH]. The maximum Gasteiger partial charge on any atom is 0.357 e. The molecule has 27 heavy (non-hydrogen) atoms. The van der Waals surface area contributed by atoms with Crippen molar-refractivity contribution in [3.05, 3.63) is 35.7 Å². The fraction of sp³-hybridized carbons (Fsp3) is 0.429. The lowest BCUT2D eigenvalue weighted by atomic mass is 10.0. The number of benzene rings is 1. The van der Waals surface area contributed by atoms with Crippen molar-refractivity contribution >= 4 is 33.5 Å². The van der Waals surface area contributed by atoms with Crippen LogP contribution in [0.15, 0.2) is 24.4 Å². The van der Waals surface area contributed by atoms with Crippen molar-refractivity contribution in [1.29, 1.82) is 0 Å². The summed E-state index contributed by atoms with van der Waals surface area (Å²) in [7, 11) is 1.63. The molecule has 0 atom stereocenters. The third-order valence-corrected chi connectivity index (χ3v) is 5.20. The number of H-pyrrole nitrogens is 1. The molecule has 0 unspecified atom stereocenters. The van der Waals surface area contributed by atoms with Gasteiger partial charge in [-0.2, -0.15) is 0 Å². The number of pyridine rings is 1. The van der Waals surface area contributed by atoms with E-state index < -0.39 is 5.97 Å². The standard InChI is InChI=1S/C21H25N3O3.H2/c1-3-27-21(25)20-14(13-26-2)18-16(12-22-20)23-15-8-7-9-17(19(15)18)24-10-5-4-6-11-24;/h7-9,12,23H,3-6,10-11,13H2,1-2H3;1H. The van der Waals surface area contributed by atoms with E-state index in [-0.39, 0.29) is 1.43 Å². The number of anilines is 1. The third-order valence-electron chi connectivity index (χ3n) is 5.20. The van der Waals surface area contributed by atoms with Crippen molar-refractivity contribution in [3.63, 3.8) is 0 Å². The number of hydrogen-bond donors (Lipinski definition) is 1. The molecule has 3 aromatic rings. The lowest BCUT2D eigenvalue weighted by molar-refractivity contribution is 0.0514. The molecule has 3 heterocycles. The molecule has 0 bridgehead atoms. The van der Waals surface area contributed by atoms with E-state index >= 15 is 0 Å². The number of esters is 1. The Morgan fingerprint density at radius 1 is 1.22 bits per heavy atom. The lowest BCUT2D eigenvalue weighted by Gasteiger charge is -2.29. The zero-order valence-electron chi connectivity index (χ0n) is 15.9. The number of nitrogens with one attached hydrogen (secondary N) is 1. The van der Waals surface area contributed by atoms with Gasteiger partial charge in [-0.3, -0.25) is 0 Å². The minimum absolute atomic E-state index is 0. The molecule has 0 amide bonds. The summed E-state index contributed by atoms with van der Waals surface area (Å²) in [4.78, 5) is 22.8. The van der Waals surface area contributed by atoms with E-state index in [1.165, 1.54) is 24.9 Å². The molecule has 0 radical (unpaired) electrons. The Balaban J connectivity index is 0.00000225. The summed E-state index contributed by atoms with van der Waals surface area (Å²) < 4.78 is 10.7. The number of aromatic nitrogens is 2. The number of methoxy groups -OCH3 is 1. The summed E-state index contributed by atoms with van der Waals surface area (Å²) in [5.74, 6) is -0.406. The Morgan fingerprint density at radius 3 is 2.78 bits per heavy atom. The van der Waals surface area contributed by atoms with Crippen LogP contribution >= 0.6 is 0 Å². The topological polar surface area (TPSA) is 67.5 Å². The van der Waals surface area contributed by atoms with Crippen molar-refractivity contribution < 1.29 is 15.7 Å². The summed E-state index contributed by atoms with van der Waals surface area (Å²) in [5, 5.41) is 2.14. The van der Waals surface area contributed by atoms with Crippen molar-refractivity contribution in [2.45, 2.75) is 32.8 Å². The second-order valence-corrected chi connectivity index (χ2v) is 6.90. The van der Waals surface area contributed by atoms with E-state index in [0.717, 1.165) is 40.5 Å². The van der Waals surface area contributed by atoms with Crippen molar-refractivity contribution in [3.8, 4) is 0 Å². The highest BCUT2D eigenvalue weighted by Crippen LogP contribution is 2.37. The molecule has 1 N–H and O–H groups in total. The van der Waals surface area contributed by atoms with Crippen LogP contribution in [0, 0.1) is 0 Å². The first-order chi connectivity index (χ1) is 13.2. The molecule has 1 aliphatic heterocycles. The summed E-state index contributed by atoms with van der Waals surface area (Å²) in [6.07, 6.45) is 5.42. The van der Waals surface area contributed by atoms with Crippen LogP contribution in [0.5, 0.6) is 0 Å². The molecule has 4 rings (SSSR count). The highest BCUT2D eigenvalue weighted by Gasteiger charge is 2.23.